The zero-order chi connectivity index (χ0) is 19.3. The Bertz CT molecular complexity index is 715. The fourth-order valence-corrected chi connectivity index (χ4v) is 4.75. The van der Waals surface area contributed by atoms with Crippen LogP contribution in [0.4, 0.5) is 9.59 Å². The number of likely N-dealkylation sites (tertiary alicyclic amines) is 1. The molecule has 5 rings (SSSR count). The number of benzene rings is 1. The smallest absolute Gasteiger partial charge is 0.410 e. The molecule has 4 aliphatic rings. The fourth-order valence-electron chi connectivity index (χ4n) is 4.75. The molecule has 4 fully saturated rings. The summed E-state index contributed by atoms with van der Waals surface area (Å²) < 4.78 is 10.7. The van der Waals surface area contributed by atoms with Gasteiger partial charge in [-0.25, -0.2) is 9.59 Å². The fraction of sp³-hybridized carbons (Fsp3) is 0.619. The number of carbonyl (C=O) groups is 2. The van der Waals surface area contributed by atoms with Gasteiger partial charge in [0.05, 0.1) is 0 Å². The van der Waals surface area contributed by atoms with Gasteiger partial charge in [0.15, 0.2) is 0 Å². The molecule has 146 valence electrons. The third kappa shape index (κ3) is 3.49. The maximum atomic E-state index is 12.1. The molecule has 6 nitrogen and oxygen atoms in total. The molecule has 1 aliphatic heterocycles. The van der Waals surface area contributed by atoms with Gasteiger partial charge in [0.25, 0.3) is 0 Å². The molecule has 0 atom stereocenters. The lowest BCUT2D eigenvalue weighted by atomic mass is 9.35. The van der Waals surface area contributed by atoms with Gasteiger partial charge in [0, 0.05) is 24.5 Å². The Balaban J connectivity index is 1.18. The molecule has 3 aliphatic carbocycles. The molecule has 1 N–H and O–H groups in total. The van der Waals surface area contributed by atoms with E-state index in [9.17, 15) is 9.59 Å². The van der Waals surface area contributed by atoms with Gasteiger partial charge in [-0.3, -0.25) is 0 Å². The van der Waals surface area contributed by atoms with Gasteiger partial charge in [-0.1, -0.05) is 30.3 Å². The van der Waals surface area contributed by atoms with Crippen LogP contribution < -0.4 is 5.32 Å². The van der Waals surface area contributed by atoms with Gasteiger partial charge in [-0.2, -0.15) is 0 Å². The summed E-state index contributed by atoms with van der Waals surface area (Å²) in [5.74, 6) is 0.522. The molecule has 0 unspecified atom stereocenters. The summed E-state index contributed by atoms with van der Waals surface area (Å²) in [6, 6.07) is 9.68. The summed E-state index contributed by atoms with van der Waals surface area (Å²) in [5, 5.41) is 3.06. The van der Waals surface area contributed by atoms with Crippen LogP contribution in [0.25, 0.3) is 0 Å². The normalized spacial score (nSPS) is 29.1. The van der Waals surface area contributed by atoms with Gasteiger partial charge in [-0.15, -0.1) is 0 Å². The Morgan fingerprint density at radius 3 is 2.37 bits per heavy atom. The number of ether oxygens (including phenoxy) is 2. The van der Waals surface area contributed by atoms with Gasteiger partial charge >= 0.3 is 12.2 Å². The van der Waals surface area contributed by atoms with Crippen LogP contribution in [-0.4, -0.2) is 41.3 Å². The summed E-state index contributed by atoms with van der Waals surface area (Å²) in [4.78, 5) is 25.9. The highest BCUT2D eigenvalue weighted by molar-refractivity contribution is 5.70. The Labute approximate surface area is 160 Å². The van der Waals surface area contributed by atoms with Crippen LogP contribution in [0.1, 0.15) is 45.6 Å². The van der Waals surface area contributed by atoms with Gasteiger partial charge in [0.1, 0.15) is 12.2 Å². The maximum Gasteiger partial charge on any atom is 0.410 e. The lowest BCUT2D eigenvalue weighted by molar-refractivity contribution is -0.212. The molecule has 1 saturated heterocycles. The average molecular weight is 372 g/mol. The molecule has 1 aromatic rings. The van der Waals surface area contributed by atoms with E-state index in [1.807, 2.05) is 51.1 Å². The van der Waals surface area contributed by atoms with Crippen molar-refractivity contribution in [3.63, 3.8) is 0 Å². The molecule has 2 amide bonds. The van der Waals surface area contributed by atoms with E-state index >= 15 is 0 Å². The topological polar surface area (TPSA) is 67.9 Å². The number of nitrogens with one attached hydrogen (secondary N) is 1. The average Bonchev–Trinajstić information content (AvgIpc) is 2.47. The molecular weight excluding hydrogens is 344 g/mol. The van der Waals surface area contributed by atoms with Gasteiger partial charge in [-0.05, 0) is 51.0 Å². The van der Waals surface area contributed by atoms with E-state index in [-0.39, 0.29) is 17.7 Å². The molecular formula is C21H28N2O4. The zero-order valence-electron chi connectivity index (χ0n) is 16.3. The van der Waals surface area contributed by atoms with Crippen molar-refractivity contribution >= 4 is 12.2 Å². The maximum absolute atomic E-state index is 12.1. The summed E-state index contributed by atoms with van der Waals surface area (Å²) in [6.45, 7) is 7.48. The van der Waals surface area contributed by atoms with Crippen LogP contribution >= 0.6 is 0 Å². The summed E-state index contributed by atoms with van der Waals surface area (Å²) >= 11 is 0. The molecule has 0 aromatic heterocycles. The van der Waals surface area contributed by atoms with E-state index in [1.54, 1.807) is 4.90 Å². The van der Waals surface area contributed by atoms with Crippen LogP contribution in [0, 0.1) is 11.3 Å². The second-order valence-electron chi connectivity index (χ2n) is 9.44. The highest BCUT2D eigenvalue weighted by atomic mass is 16.6. The number of hydrogen-bond donors (Lipinski definition) is 1. The summed E-state index contributed by atoms with van der Waals surface area (Å²) in [5.41, 5.74) is 0.746. The van der Waals surface area contributed by atoms with Crippen molar-refractivity contribution in [3.8, 4) is 0 Å². The Morgan fingerprint density at radius 2 is 1.78 bits per heavy atom. The van der Waals surface area contributed by atoms with Crippen LogP contribution in [-0.2, 0) is 16.1 Å². The molecule has 0 radical (unpaired) electrons. The first-order chi connectivity index (χ1) is 12.7. The van der Waals surface area contributed by atoms with Crippen molar-refractivity contribution in [3.05, 3.63) is 35.9 Å². The highest BCUT2D eigenvalue weighted by Gasteiger charge is 2.72. The highest BCUT2D eigenvalue weighted by Crippen LogP contribution is 2.71. The molecule has 2 bridgehead atoms. The third-order valence-corrected chi connectivity index (χ3v) is 6.05. The number of hydrogen-bond acceptors (Lipinski definition) is 4. The minimum Gasteiger partial charge on any atom is -0.445 e. The number of amides is 2. The van der Waals surface area contributed by atoms with Crippen LogP contribution in [0.5, 0.6) is 0 Å². The lowest BCUT2D eigenvalue weighted by Gasteiger charge is -2.75. The Hall–Kier alpha value is -2.24. The second-order valence-corrected chi connectivity index (χ2v) is 9.44. The van der Waals surface area contributed by atoms with E-state index in [1.165, 1.54) is 0 Å². The van der Waals surface area contributed by atoms with E-state index < -0.39 is 5.60 Å². The van der Waals surface area contributed by atoms with Crippen LogP contribution in [0.2, 0.25) is 0 Å². The van der Waals surface area contributed by atoms with E-state index in [0.717, 1.165) is 37.9 Å². The monoisotopic (exact) mass is 372 g/mol. The van der Waals surface area contributed by atoms with Crippen molar-refractivity contribution in [2.24, 2.45) is 11.3 Å². The first-order valence-electron chi connectivity index (χ1n) is 9.66. The first-order valence-corrected chi connectivity index (χ1v) is 9.66. The minimum absolute atomic E-state index is 0.0832. The largest absolute Gasteiger partial charge is 0.445 e. The standard InChI is InChI=1S/C21H28N2O4/c1-19(2,3)27-18(25)23-9-16(10-23)20-12-21(13-20,14-20)22-17(24)26-11-15-7-5-4-6-8-15/h4-8,16H,9-14H2,1-3H3,(H,22,24). The molecule has 6 heteroatoms. The predicted octanol–water partition coefficient (Wildman–Crippen LogP) is 3.70. The molecule has 1 heterocycles. The number of nitrogens with zero attached hydrogens (tertiary/aromatic N) is 1. The van der Waals surface area contributed by atoms with E-state index in [2.05, 4.69) is 5.32 Å². The quantitative estimate of drug-likeness (QED) is 0.875. The molecule has 3 saturated carbocycles. The van der Waals surface area contributed by atoms with Crippen molar-refractivity contribution in [2.45, 2.75) is 57.8 Å². The summed E-state index contributed by atoms with van der Waals surface area (Å²) in [7, 11) is 0. The molecule has 27 heavy (non-hydrogen) atoms. The lowest BCUT2D eigenvalue weighted by Crippen LogP contribution is -2.79. The van der Waals surface area contributed by atoms with Gasteiger partial charge < -0.3 is 19.7 Å². The third-order valence-electron chi connectivity index (χ3n) is 6.05. The van der Waals surface area contributed by atoms with Crippen molar-refractivity contribution < 1.29 is 19.1 Å². The van der Waals surface area contributed by atoms with Gasteiger partial charge in [0.2, 0.25) is 0 Å². The van der Waals surface area contributed by atoms with E-state index in [0.29, 0.717) is 17.9 Å². The van der Waals surface area contributed by atoms with Crippen molar-refractivity contribution in [2.75, 3.05) is 13.1 Å². The SMILES string of the molecule is CC(C)(C)OC(=O)N1CC(C23CC(NC(=O)OCc4ccccc4)(C2)C3)C1. The zero-order valence-corrected chi connectivity index (χ0v) is 16.3. The predicted molar refractivity (Wildman–Crippen MR) is 100 cm³/mol. The van der Waals surface area contributed by atoms with Crippen molar-refractivity contribution in [1.82, 2.24) is 10.2 Å². The summed E-state index contributed by atoms with van der Waals surface area (Å²) in [6.07, 6.45) is 2.42. The number of rotatable bonds is 4. The Morgan fingerprint density at radius 1 is 1.15 bits per heavy atom. The van der Waals surface area contributed by atoms with Crippen LogP contribution in [0.15, 0.2) is 30.3 Å². The number of alkyl carbamates (subject to hydrolysis) is 1. The second kappa shape index (κ2) is 6.14. The van der Waals surface area contributed by atoms with Crippen molar-refractivity contribution in [1.29, 1.82) is 0 Å². The molecule has 0 spiro atoms. The minimum atomic E-state index is -0.452. The Kier molecular flexibility index (Phi) is 4.13. The molecule has 1 aromatic carbocycles. The van der Waals surface area contributed by atoms with Crippen LogP contribution in [0.3, 0.4) is 0 Å². The first kappa shape index (κ1) is 18.1. The number of carbonyl (C=O) groups excluding carboxylic acids is 2. The van der Waals surface area contributed by atoms with E-state index in [4.69, 9.17) is 9.47 Å².